The Hall–Kier alpha value is -1.83. The van der Waals surface area contributed by atoms with Gasteiger partial charge in [0.2, 0.25) is 0 Å². The lowest BCUT2D eigenvalue weighted by molar-refractivity contribution is 1.12. The first-order valence-corrected chi connectivity index (χ1v) is 4.68. The number of anilines is 1. The second-order valence-corrected chi connectivity index (χ2v) is 3.56. The molecule has 2 N–H and O–H groups in total. The lowest BCUT2D eigenvalue weighted by atomic mass is 10.1. The molecule has 0 atom stereocenters. The van der Waals surface area contributed by atoms with Crippen molar-refractivity contribution in [3.05, 3.63) is 47.8 Å². The van der Waals surface area contributed by atoms with E-state index in [0.717, 1.165) is 23.4 Å². The van der Waals surface area contributed by atoms with Crippen LogP contribution in [0.4, 0.5) is 5.69 Å². The largest absolute Gasteiger partial charge is 0.398 e. The number of benzene rings is 1. The van der Waals surface area contributed by atoms with Gasteiger partial charge in [-0.1, -0.05) is 24.3 Å². The van der Waals surface area contributed by atoms with E-state index in [0.29, 0.717) is 0 Å². The predicted octanol–water partition coefficient (Wildman–Crippen LogP) is 2.24. The van der Waals surface area contributed by atoms with E-state index < -0.39 is 0 Å². The van der Waals surface area contributed by atoms with Gasteiger partial charge in [0, 0.05) is 23.9 Å². The molecule has 2 aromatic rings. The molecule has 3 rings (SSSR count). The van der Waals surface area contributed by atoms with Crippen molar-refractivity contribution in [1.82, 2.24) is 4.98 Å². The third-order valence-corrected chi connectivity index (χ3v) is 2.71. The van der Waals surface area contributed by atoms with Gasteiger partial charge < -0.3 is 5.73 Å². The summed E-state index contributed by atoms with van der Waals surface area (Å²) in [5.41, 5.74) is 11.6. The first-order chi connectivity index (χ1) is 6.86. The van der Waals surface area contributed by atoms with E-state index >= 15 is 0 Å². The number of nitrogen functional groups attached to an aromatic ring is 1. The molecule has 2 nitrogen and oxygen atoms in total. The Kier molecular flexibility index (Phi) is 1.39. The van der Waals surface area contributed by atoms with E-state index in [9.17, 15) is 0 Å². The molecule has 0 amide bonds. The molecule has 0 spiro atoms. The van der Waals surface area contributed by atoms with Gasteiger partial charge in [0.1, 0.15) is 0 Å². The van der Waals surface area contributed by atoms with Crippen molar-refractivity contribution in [2.45, 2.75) is 6.42 Å². The van der Waals surface area contributed by atoms with E-state index in [2.05, 4.69) is 23.2 Å². The van der Waals surface area contributed by atoms with Gasteiger partial charge in [-0.05, 0) is 17.2 Å². The summed E-state index contributed by atoms with van der Waals surface area (Å²) in [7, 11) is 0. The topological polar surface area (TPSA) is 38.9 Å². The van der Waals surface area contributed by atoms with E-state index in [4.69, 9.17) is 5.73 Å². The van der Waals surface area contributed by atoms with Crippen molar-refractivity contribution in [2.24, 2.45) is 0 Å². The van der Waals surface area contributed by atoms with Crippen molar-refractivity contribution >= 4 is 5.69 Å². The van der Waals surface area contributed by atoms with E-state index in [1.165, 1.54) is 11.1 Å². The number of hydrogen-bond donors (Lipinski definition) is 1. The molecule has 0 aliphatic heterocycles. The highest BCUT2D eigenvalue weighted by Gasteiger charge is 2.20. The van der Waals surface area contributed by atoms with Crippen LogP contribution in [0.15, 0.2) is 36.5 Å². The smallest absolute Gasteiger partial charge is 0.0546 e. The molecule has 68 valence electrons. The fraction of sp³-hybridized carbons (Fsp3) is 0.0833. The highest BCUT2D eigenvalue weighted by molar-refractivity contribution is 5.84. The molecule has 1 aliphatic carbocycles. The minimum absolute atomic E-state index is 0.833. The molecule has 1 aromatic heterocycles. The first kappa shape index (κ1) is 7.56. The quantitative estimate of drug-likeness (QED) is 0.579. The Bertz CT molecular complexity index is 503. The fourth-order valence-electron chi connectivity index (χ4n) is 2.07. The molecular weight excluding hydrogens is 172 g/mol. The molecule has 0 radical (unpaired) electrons. The zero-order valence-electron chi connectivity index (χ0n) is 7.70. The maximum absolute atomic E-state index is 5.95. The van der Waals surface area contributed by atoms with Crippen LogP contribution in [-0.4, -0.2) is 4.98 Å². The molecule has 0 saturated heterocycles. The third-order valence-electron chi connectivity index (χ3n) is 2.71. The van der Waals surface area contributed by atoms with Gasteiger partial charge in [0.15, 0.2) is 0 Å². The molecule has 1 aliphatic rings. The summed E-state index contributed by atoms with van der Waals surface area (Å²) < 4.78 is 0. The van der Waals surface area contributed by atoms with Crippen molar-refractivity contribution in [3.8, 4) is 11.1 Å². The van der Waals surface area contributed by atoms with Gasteiger partial charge in [0.05, 0.1) is 5.69 Å². The van der Waals surface area contributed by atoms with Crippen LogP contribution in [-0.2, 0) is 6.42 Å². The number of hydrogen-bond acceptors (Lipinski definition) is 2. The van der Waals surface area contributed by atoms with Gasteiger partial charge >= 0.3 is 0 Å². The summed E-state index contributed by atoms with van der Waals surface area (Å²) in [6, 6.07) is 10.2. The monoisotopic (exact) mass is 182 g/mol. The lowest BCUT2D eigenvalue weighted by Gasteiger charge is -2.02. The number of nitrogens with two attached hydrogens (primary N) is 1. The van der Waals surface area contributed by atoms with Gasteiger partial charge in [-0.3, -0.25) is 4.98 Å². The van der Waals surface area contributed by atoms with E-state index in [1.807, 2.05) is 12.1 Å². The van der Waals surface area contributed by atoms with Crippen LogP contribution in [0.3, 0.4) is 0 Å². The van der Waals surface area contributed by atoms with Crippen molar-refractivity contribution < 1.29 is 0 Å². The minimum atomic E-state index is 0.833. The van der Waals surface area contributed by atoms with E-state index in [-0.39, 0.29) is 0 Å². The second-order valence-electron chi connectivity index (χ2n) is 3.56. The summed E-state index contributed by atoms with van der Waals surface area (Å²) in [6.45, 7) is 0. The Morgan fingerprint density at radius 3 is 2.93 bits per heavy atom. The van der Waals surface area contributed by atoms with Gasteiger partial charge in [-0.15, -0.1) is 0 Å². The molecule has 0 unspecified atom stereocenters. The molecule has 1 aromatic carbocycles. The molecule has 1 heterocycles. The molecule has 0 fully saturated rings. The average Bonchev–Trinajstić information content (AvgIpc) is 2.57. The fourth-order valence-corrected chi connectivity index (χ4v) is 2.07. The van der Waals surface area contributed by atoms with Crippen molar-refractivity contribution in [1.29, 1.82) is 0 Å². The number of nitrogens with zero attached hydrogens (tertiary/aromatic N) is 1. The van der Waals surface area contributed by atoms with Gasteiger partial charge in [-0.25, -0.2) is 0 Å². The Labute approximate surface area is 82.4 Å². The zero-order valence-corrected chi connectivity index (χ0v) is 7.70. The Morgan fingerprint density at radius 2 is 2.00 bits per heavy atom. The molecule has 14 heavy (non-hydrogen) atoms. The highest BCUT2D eigenvalue weighted by atomic mass is 14.7. The molecule has 0 saturated carbocycles. The number of pyridine rings is 1. The molecular formula is C12H10N2. The van der Waals surface area contributed by atoms with Crippen molar-refractivity contribution in [2.75, 3.05) is 5.73 Å². The normalized spacial score (nSPS) is 12.3. The van der Waals surface area contributed by atoms with Crippen LogP contribution in [0.1, 0.15) is 11.3 Å². The first-order valence-electron chi connectivity index (χ1n) is 4.68. The van der Waals surface area contributed by atoms with Gasteiger partial charge in [0.25, 0.3) is 0 Å². The van der Waals surface area contributed by atoms with E-state index in [1.54, 1.807) is 6.20 Å². The average molecular weight is 182 g/mol. The van der Waals surface area contributed by atoms with Crippen LogP contribution >= 0.6 is 0 Å². The second kappa shape index (κ2) is 2.58. The van der Waals surface area contributed by atoms with Crippen LogP contribution in [0, 0.1) is 0 Å². The minimum Gasteiger partial charge on any atom is -0.398 e. The Morgan fingerprint density at radius 1 is 1.14 bits per heavy atom. The predicted molar refractivity (Wildman–Crippen MR) is 56.9 cm³/mol. The summed E-state index contributed by atoms with van der Waals surface area (Å²) >= 11 is 0. The maximum atomic E-state index is 5.95. The van der Waals surface area contributed by atoms with Crippen molar-refractivity contribution in [3.63, 3.8) is 0 Å². The summed E-state index contributed by atoms with van der Waals surface area (Å²) in [6.07, 6.45) is 2.69. The number of rotatable bonds is 0. The summed E-state index contributed by atoms with van der Waals surface area (Å²) in [4.78, 5) is 4.35. The third kappa shape index (κ3) is 0.880. The molecule has 2 heteroatoms. The lowest BCUT2D eigenvalue weighted by Crippen LogP contribution is -1.92. The van der Waals surface area contributed by atoms with Crippen LogP contribution in [0.5, 0.6) is 0 Å². The zero-order chi connectivity index (χ0) is 9.54. The van der Waals surface area contributed by atoms with Crippen LogP contribution in [0.25, 0.3) is 11.1 Å². The standard InChI is InChI=1S/C12H10N2/c13-10-5-6-14-11-7-8-3-1-2-4-9(8)12(10)11/h1-6H,7H2,(H2,13,14). The SMILES string of the molecule is Nc1ccnc2c1-c1ccccc1C2. The summed E-state index contributed by atoms with van der Waals surface area (Å²) in [5.74, 6) is 0. The molecule has 0 bridgehead atoms. The van der Waals surface area contributed by atoms with Crippen LogP contribution < -0.4 is 5.73 Å². The summed E-state index contributed by atoms with van der Waals surface area (Å²) in [5, 5.41) is 0. The van der Waals surface area contributed by atoms with Gasteiger partial charge in [-0.2, -0.15) is 0 Å². The number of aromatic nitrogens is 1. The maximum Gasteiger partial charge on any atom is 0.0546 e. The van der Waals surface area contributed by atoms with Crippen LogP contribution in [0.2, 0.25) is 0 Å². The highest BCUT2D eigenvalue weighted by Crippen LogP contribution is 2.38. The Balaban J connectivity index is 2.35. The number of fused-ring (bicyclic) bond motifs is 3.